The summed E-state index contributed by atoms with van der Waals surface area (Å²) in [5.74, 6) is 0.183. The number of amides is 2. The minimum absolute atomic E-state index is 0.0874. The lowest BCUT2D eigenvalue weighted by molar-refractivity contribution is -0.135. The van der Waals surface area contributed by atoms with Crippen LogP contribution in [0.4, 0.5) is 0 Å². The molecule has 2 amide bonds. The normalized spacial score (nSPS) is 17.5. The molecule has 134 valence electrons. The van der Waals surface area contributed by atoms with Gasteiger partial charge in [-0.05, 0) is 31.9 Å². The molecule has 1 aromatic rings. The molecular formula is C17H29N5O2. The van der Waals surface area contributed by atoms with Crippen molar-refractivity contribution in [2.24, 2.45) is 0 Å². The molecule has 0 aliphatic carbocycles. The summed E-state index contributed by atoms with van der Waals surface area (Å²) in [7, 11) is 1.66. The molecule has 2 heterocycles. The van der Waals surface area contributed by atoms with Gasteiger partial charge in [-0.2, -0.15) is 5.10 Å². The summed E-state index contributed by atoms with van der Waals surface area (Å²) in [5.41, 5.74) is 1.09. The fourth-order valence-electron chi connectivity index (χ4n) is 2.94. The van der Waals surface area contributed by atoms with Crippen molar-refractivity contribution in [1.29, 1.82) is 0 Å². The first-order chi connectivity index (χ1) is 11.6. The van der Waals surface area contributed by atoms with E-state index in [4.69, 9.17) is 0 Å². The van der Waals surface area contributed by atoms with Crippen molar-refractivity contribution in [2.45, 2.75) is 45.1 Å². The van der Waals surface area contributed by atoms with Gasteiger partial charge in [0.2, 0.25) is 11.8 Å². The SMILES string of the molecule is CCCCNC(=O)CN(C)C(=O)Cn1nccc1C1CCCNC1. The molecule has 0 bridgehead atoms. The van der Waals surface area contributed by atoms with Crippen LogP contribution in [0.1, 0.15) is 44.2 Å². The van der Waals surface area contributed by atoms with Crippen molar-refractivity contribution < 1.29 is 9.59 Å². The van der Waals surface area contributed by atoms with E-state index in [9.17, 15) is 9.59 Å². The Balaban J connectivity index is 1.85. The highest BCUT2D eigenvalue weighted by Gasteiger charge is 2.21. The second kappa shape index (κ2) is 9.42. The average Bonchev–Trinajstić information content (AvgIpc) is 3.04. The molecule has 1 saturated heterocycles. The molecule has 1 aromatic heterocycles. The van der Waals surface area contributed by atoms with Gasteiger partial charge in [0.15, 0.2) is 0 Å². The summed E-state index contributed by atoms with van der Waals surface area (Å²) in [6.45, 7) is 4.98. The smallest absolute Gasteiger partial charge is 0.244 e. The number of carbonyl (C=O) groups is 2. The number of rotatable bonds is 8. The third-order valence-corrected chi connectivity index (χ3v) is 4.41. The number of hydrogen-bond acceptors (Lipinski definition) is 4. The lowest BCUT2D eigenvalue weighted by Crippen LogP contribution is -2.40. The third-order valence-electron chi connectivity index (χ3n) is 4.41. The zero-order valence-corrected chi connectivity index (χ0v) is 14.8. The Morgan fingerprint density at radius 3 is 3.04 bits per heavy atom. The Kier molecular flexibility index (Phi) is 7.24. The molecular weight excluding hydrogens is 306 g/mol. The van der Waals surface area contributed by atoms with Gasteiger partial charge >= 0.3 is 0 Å². The summed E-state index contributed by atoms with van der Waals surface area (Å²) < 4.78 is 1.77. The van der Waals surface area contributed by atoms with Gasteiger partial charge in [0.1, 0.15) is 6.54 Å². The monoisotopic (exact) mass is 335 g/mol. The lowest BCUT2D eigenvalue weighted by atomic mass is 9.96. The van der Waals surface area contributed by atoms with Crippen LogP contribution < -0.4 is 10.6 Å². The van der Waals surface area contributed by atoms with Gasteiger partial charge in [-0.15, -0.1) is 0 Å². The maximum absolute atomic E-state index is 12.4. The molecule has 1 aliphatic rings. The number of hydrogen-bond donors (Lipinski definition) is 2. The van der Waals surface area contributed by atoms with E-state index in [2.05, 4.69) is 22.7 Å². The first-order valence-electron chi connectivity index (χ1n) is 8.85. The fraction of sp³-hybridized carbons (Fsp3) is 0.706. The minimum atomic E-state index is -0.114. The summed E-state index contributed by atoms with van der Waals surface area (Å²) >= 11 is 0. The highest BCUT2D eigenvalue weighted by atomic mass is 16.2. The van der Waals surface area contributed by atoms with E-state index >= 15 is 0 Å². The molecule has 7 nitrogen and oxygen atoms in total. The van der Waals surface area contributed by atoms with Gasteiger partial charge in [0.05, 0.1) is 6.54 Å². The molecule has 1 atom stereocenters. The summed E-state index contributed by atoms with van der Waals surface area (Å²) in [6, 6.07) is 1.99. The van der Waals surface area contributed by atoms with Crippen molar-refractivity contribution >= 4 is 11.8 Å². The van der Waals surface area contributed by atoms with Crippen LogP contribution in [0, 0.1) is 0 Å². The number of aromatic nitrogens is 2. The zero-order chi connectivity index (χ0) is 17.4. The van der Waals surface area contributed by atoms with Gasteiger partial charge in [-0.3, -0.25) is 14.3 Å². The van der Waals surface area contributed by atoms with Crippen LogP contribution in [0.15, 0.2) is 12.3 Å². The van der Waals surface area contributed by atoms with Crippen molar-refractivity contribution in [3.05, 3.63) is 18.0 Å². The Hall–Kier alpha value is -1.89. The van der Waals surface area contributed by atoms with E-state index in [0.717, 1.165) is 44.5 Å². The van der Waals surface area contributed by atoms with E-state index in [1.807, 2.05) is 6.07 Å². The first-order valence-corrected chi connectivity index (χ1v) is 8.85. The van der Waals surface area contributed by atoms with Gasteiger partial charge in [0, 0.05) is 37.9 Å². The number of nitrogens with one attached hydrogen (secondary N) is 2. The molecule has 2 rings (SSSR count). The quantitative estimate of drug-likeness (QED) is 0.686. The van der Waals surface area contributed by atoms with Crippen LogP contribution in [0.5, 0.6) is 0 Å². The van der Waals surface area contributed by atoms with Gasteiger partial charge in [0.25, 0.3) is 0 Å². The number of carbonyl (C=O) groups excluding carboxylic acids is 2. The second-order valence-electron chi connectivity index (χ2n) is 6.41. The molecule has 1 unspecified atom stereocenters. The second-order valence-corrected chi connectivity index (χ2v) is 6.41. The molecule has 2 N–H and O–H groups in total. The molecule has 0 aromatic carbocycles. The van der Waals surface area contributed by atoms with E-state index in [-0.39, 0.29) is 24.9 Å². The highest BCUT2D eigenvalue weighted by Crippen LogP contribution is 2.22. The zero-order valence-electron chi connectivity index (χ0n) is 14.8. The van der Waals surface area contributed by atoms with Crippen LogP contribution >= 0.6 is 0 Å². The van der Waals surface area contributed by atoms with Crippen molar-refractivity contribution in [3.8, 4) is 0 Å². The van der Waals surface area contributed by atoms with E-state index in [0.29, 0.717) is 12.5 Å². The van der Waals surface area contributed by atoms with Gasteiger partial charge < -0.3 is 15.5 Å². The van der Waals surface area contributed by atoms with Crippen molar-refractivity contribution in [2.75, 3.05) is 33.2 Å². The fourth-order valence-corrected chi connectivity index (χ4v) is 2.94. The average molecular weight is 335 g/mol. The summed E-state index contributed by atoms with van der Waals surface area (Å²) in [5, 5.41) is 10.5. The number of unbranched alkanes of at least 4 members (excludes halogenated alkanes) is 1. The maximum Gasteiger partial charge on any atom is 0.244 e. The predicted molar refractivity (Wildman–Crippen MR) is 92.6 cm³/mol. The van der Waals surface area contributed by atoms with Crippen LogP contribution in [0.3, 0.4) is 0 Å². The Bertz CT molecular complexity index is 537. The maximum atomic E-state index is 12.4. The standard InChI is InChI=1S/C17H29N5O2/c1-3-4-9-19-16(23)12-21(2)17(24)13-22-15(7-10-20-22)14-6-5-8-18-11-14/h7,10,14,18H,3-6,8-9,11-13H2,1-2H3,(H,19,23). The van der Waals surface area contributed by atoms with Gasteiger partial charge in [-0.25, -0.2) is 0 Å². The van der Waals surface area contributed by atoms with Crippen molar-refractivity contribution in [3.63, 3.8) is 0 Å². The molecule has 7 heteroatoms. The minimum Gasteiger partial charge on any atom is -0.355 e. The molecule has 0 spiro atoms. The Morgan fingerprint density at radius 2 is 2.33 bits per heavy atom. The van der Waals surface area contributed by atoms with Crippen LogP contribution in [-0.2, 0) is 16.1 Å². The van der Waals surface area contributed by atoms with Crippen LogP contribution in [0.2, 0.25) is 0 Å². The Labute approximate surface area is 143 Å². The van der Waals surface area contributed by atoms with Crippen molar-refractivity contribution in [1.82, 2.24) is 25.3 Å². The molecule has 1 fully saturated rings. The molecule has 0 saturated carbocycles. The third kappa shape index (κ3) is 5.33. The molecule has 24 heavy (non-hydrogen) atoms. The lowest BCUT2D eigenvalue weighted by Gasteiger charge is -2.24. The largest absolute Gasteiger partial charge is 0.355 e. The highest BCUT2D eigenvalue weighted by molar-refractivity contribution is 5.84. The first kappa shape index (κ1) is 18.4. The number of likely N-dealkylation sites (N-methyl/N-ethyl adjacent to an activating group) is 1. The molecule has 0 radical (unpaired) electrons. The van der Waals surface area contributed by atoms with E-state index < -0.39 is 0 Å². The summed E-state index contributed by atoms with van der Waals surface area (Å²) in [4.78, 5) is 25.7. The van der Waals surface area contributed by atoms with Gasteiger partial charge in [-0.1, -0.05) is 13.3 Å². The molecule has 1 aliphatic heterocycles. The van der Waals surface area contributed by atoms with E-state index in [1.54, 1.807) is 17.9 Å². The summed E-state index contributed by atoms with van der Waals surface area (Å²) in [6.07, 6.45) is 5.99. The Morgan fingerprint density at radius 1 is 1.50 bits per heavy atom. The van der Waals surface area contributed by atoms with E-state index in [1.165, 1.54) is 4.90 Å². The number of nitrogens with zero attached hydrogens (tertiary/aromatic N) is 3. The predicted octanol–water partition coefficient (Wildman–Crippen LogP) is 0.725. The topological polar surface area (TPSA) is 79.3 Å². The van der Waals surface area contributed by atoms with Crippen LogP contribution in [-0.4, -0.2) is 59.7 Å². The number of piperidine rings is 1. The van der Waals surface area contributed by atoms with Crippen LogP contribution in [0.25, 0.3) is 0 Å².